The van der Waals surface area contributed by atoms with Crippen molar-refractivity contribution in [1.29, 1.82) is 0 Å². The number of nitrogens with two attached hydrogens (primary N) is 1. The van der Waals surface area contributed by atoms with Gasteiger partial charge in [-0.3, -0.25) is 4.90 Å². The Bertz CT molecular complexity index is 588. The van der Waals surface area contributed by atoms with Crippen LogP contribution in [0.4, 0.5) is 10.1 Å². The number of hydrogen-bond acceptors (Lipinski definition) is 5. The van der Waals surface area contributed by atoms with Gasteiger partial charge in [0.1, 0.15) is 10.7 Å². The Morgan fingerprint density at radius 2 is 2.10 bits per heavy atom. The SMILES string of the molecule is CC(CN1CCOCC1)NS(=O)(=O)c1ccc(N)cc1F. The molecule has 1 aliphatic rings. The lowest BCUT2D eigenvalue weighted by molar-refractivity contribution is 0.0354. The molecule has 0 saturated carbocycles. The van der Waals surface area contributed by atoms with Crippen molar-refractivity contribution in [3.63, 3.8) is 0 Å². The molecule has 3 N–H and O–H groups in total. The number of halogens is 1. The molecule has 1 aromatic carbocycles. The van der Waals surface area contributed by atoms with Crippen LogP contribution in [-0.4, -0.2) is 52.2 Å². The van der Waals surface area contributed by atoms with Crippen molar-refractivity contribution in [2.75, 3.05) is 38.6 Å². The summed E-state index contributed by atoms with van der Waals surface area (Å²) in [6, 6.07) is 3.21. The predicted molar refractivity (Wildman–Crippen MR) is 77.9 cm³/mol. The lowest BCUT2D eigenvalue weighted by Gasteiger charge is -2.29. The third-order valence-electron chi connectivity index (χ3n) is 3.24. The largest absolute Gasteiger partial charge is 0.399 e. The van der Waals surface area contributed by atoms with Crippen molar-refractivity contribution in [1.82, 2.24) is 9.62 Å². The van der Waals surface area contributed by atoms with E-state index in [0.717, 1.165) is 19.2 Å². The van der Waals surface area contributed by atoms with Gasteiger partial charge in [-0.15, -0.1) is 0 Å². The fourth-order valence-corrected chi connectivity index (χ4v) is 3.57. The Morgan fingerprint density at radius 1 is 1.43 bits per heavy atom. The normalized spacial score (nSPS) is 18.6. The zero-order chi connectivity index (χ0) is 15.5. The minimum atomic E-state index is -3.90. The van der Waals surface area contributed by atoms with E-state index in [9.17, 15) is 12.8 Å². The molecule has 0 amide bonds. The molecule has 1 aliphatic heterocycles. The number of benzene rings is 1. The molecule has 1 unspecified atom stereocenters. The second-order valence-electron chi connectivity index (χ2n) is 5.13. The van der Waals surface area contributed by atoms with E-state index in [1.807, 2.05) is 0 Å². The number of ether oxygens (including phenoxy) is 1. The molecule has 1 saturated heterocycles. The third-order valence-corrected chi connectivity index (χ3v) is 4.86. The molecule has 1 fully saturated rings. The van der Waals surface area contributed by atoms with Crippen LogP contribution >= 0.6 is 0 Å². The molecule has 1 atom stereocenters. The zero-order valence-corrected chi connectivity index (χ0v) is 12.7. The van der Waals surface area contributed by atoms with E-state index in [0.29, 0.717) is 19.8 Å². The highest BCUT2D eigenvalue weighted by atomic mass is 32.2. The van der Waals surface area contributed by atoms with Gasteiger partial charge < -0.3 is 10.5 Å². The van der Waals surface area contributed by atoms with Crippen LogP contribution in [0.5, 0.6) is 0 Å². The molecule has 6 nitrogen and oxygen atoms in total. The molecule has 21 heavy (non-hydrogen) atoms. The molecular formula is C13H20FN3O3S. The lowest BCUT2D eigenvalue weighted by atomic mass is 10.3. The molecule has 0 radical (unpaired) electrons. The predicted octanol–water partition coefficient (Wildman–Crippen LogP) is 0.407. The highest BCUT2D eigenvalue weighted by Crippen LogP contribution is 2.17. The van der Waals surface area contributed by atoms with Gasteiger partial charge in [-0.2, -0.15) is 0 Å². The molecule has 0 aromatic heterocycles. The molecular weight excluding hydrogens is 297 g/mol. The van der Waals surface area contributed by atoms with Gasteiger partial charge in [0.25, 0.3) is 0 Å². The van der Waals surface area contributed by atoms with E-state index < -0.39 is 15.8 Å². The summed E-state index contributed by atoms with van der Waals surface area (Å²) >= 11 is 0. The van der Waals surface area contributed by atoms with E-state index in [2.05, 4.69) is 9.62 Å². The number of sulfonamides is 1. The Labute approximate surface area is 124 Å². The van der Waals surface area contributed by atoms with Crippen molar-refractivity contribution >= 4 is 15.7 Å². The summed E-state index contributed by atoms with van der Waals surface area (Å²) in [6.07, 6.45) is 0. The summed E-state index contributed by atoms with van der Waals surface area (Å²) < 4.78 is 45.8. The smallest absolute Gasteiger partial charge is 0.243 e. The highest BCUT2D eigenvalue weighted by Gasteiger charge is 2.23. The molecule has 0 spiro atoms. The zero-order valence-electron chi connectivity index (χ0n) is 11.9. The van der Waals surface area contributed by atoms with Crippen LogP contribution in [0.3, 0.4) is 0 Å². The first-order chi connectivity index (χ1) is 9.88. The topological polar surface area (TPSA) is 84.7 Å². The summed E-state index contributed by atoms with van der Waals surface area (Å²) in [5.41, 5.74) is 5.61. The van der Waals surface area contributed by atoms with E-state index >= 15 is 0 Å². The number of hydrogen-bond donors (Lipinski definition) is 2. The number of nitrogens with zero attached hydrogens (tertiary/aromatic N) is 1. The van der Waals surface area contributed by atoms with Crippen molar-refractivity contribution in [2.24, 2.45) is 0 Å². The van der Waals surface area contributed by atoms with E-state index in [1.54, 1.807) is 6.92 Å². The van der Waals surface area contributed by atoms with Gasteiger partial charge in [-0.1, -0.05) is 0 Å². The summed E-state index contributed by atoms with van der Waals surface area (Å²) in [5, 5.41) is 0. The van der Waals surface area contributed by atoms with Gasteiger partial charge >= 0.3 is 0 Å². The Morgan fingerprint density at radius 3 is 2.71 bits per heavy atom. The maximum atomic E-state index is 13.7. The summed E-state index contributed by atoms with van der Waals surface area (Å²) in [5.74, 6) is -0.846. The van der Waals surface area contributed by atoms with Gasteiger partial charge in [0, 0.05) is 31.4 Å². The number of anilines is 1. The van der Waals surface area contributed by atoms with Gasteiger partial charge in [-0.25, -0.2) is 17.5 Å². The molecule has 118 valence electrons. The fraction of sp³-hybridized carbons (Fsp3) is 0.538. The first kappa shape index (κ1) is 16.2. The van der Waals surface area contributed by atoms with Gasteiger partial charge in [0.15, 0.2) is 0 Å². The minimum Gasteiger partial charge on any atom is -0.399 e. The quantitative estimate of drug-likeness (QED) is 0.768. The molecule has 0 aliphatic carbocycles. The van der Waals surface area contributed by atoms with Crippen LogP contribution in [-0.2, 0) is 14.8 Å². The van der Waals surface area contributed by atoms with Gasteiger partial charge in [0.05, 0.1) is 13.2 Å². The van der Waals surface area contributed by atoms with E-state index in [1.165, 1.54) is 12.1 Å². The van der Waals surface area contributed by atoms with Crippen LogP contribution in [0.1, 0.15) is 6.92 Å². The molecule has 0 bridgehead atoms. The number of nitrogen functional groups attached to an aromatic ring is 1. The van der Waals surface area contributed by atoms with Crippen LogP contribution < -0.4 is 10.5 Å². The first-order valence-electron chi connectivity index (χ1n) is 6.76. The molecule has 1 aromatic rings. The van der Waals surface area contributed by atoms with E-state index in [-0.39, 0.29) is 16.6 Å². The van der Waals surface area contributed by atoms with E-state index in [4.69, 9.17) is 10.5 Å². The maximum Gasteiger partial charge on any atom is 0.243 e. The maximum absolute atomic E-state index is 13.7. The third kappa shape index (κ3) is 4.37. The number of rotatable bonds is 5. The standard InChI is InChI=1S/C13H20FN3O3S/c1-10(9-17-4-6-20-7-5-17)16-21(18,19)13-3-2-11(15)8-12(13)14/h2-3,8,10,16H,4-7,9,15H2,1H3. The van der Waals surface area contributed by atoms with Crippen LogP contribution in [0.25, 0.3) is 0 Å². The average Bonchev–Trinajstić information content (AvgIpc) is 2.38. The lowest BCUT2D eigenvalue weighted by Crippen LogP contribution is -2.46. The molecule has 2 rings (SSSR count). The monoisotopic (exact) mass is 317 g/mol. The minimum absolute atomic E-state index is 0.188. The van der Waals surface area contributed by atoms with Crippen molar-refractivity contribution < 1.29 is 17.5 Å². The van der Waals surface area contributed by atoms with Crippen molar-refractivity contribution in [3.8, 4) is 0 Å². The second-order valence-corrected chi connectivity index (χ2v) is 6.81. The molecule has 8 heteroatoms. The number of morpholine rings is 1. The van der Waals surface area contributed by atoms with Crippen LogP contribution in [0.15, 0.2) is 23.1 Å². The van der Waals surface area contributed by atoms with Crippen LogP contribution in [0.2, 0.25) is 0 Å². The Hall–Kier alpha value is -1.22. The van der Waals surface area contributed by atoms with Gasteiger partial charge in [0.2, 0.25) is 10.0 Å². The van der Waals surface area contributed by atoms with Crippen molar-refractivity contribution in [3.05, 3.63) is 24.0 Å². The van der Waals surface area contributed by atoms with Crippen molar-refractivity contribution in [2.45, 2.75) is 17.9 Å². The summed E-state index contributed by atoms with van der Waals surface area (Å²) in [7, 11) is -3.90. The average molecular weight is 317 g/mol. The summed E-state index contributed by atoms with van der Waals surface area (Å²) in [4.78, 5) is 1.72. The Kier molecular flexibility index (Phi) is 5.15. The second kappa shape index (κ2) is 6.69. The van der Waals surface area contributed by atoms with Gasteiger partial charge in [-0.05, 0) is 25.1 Å². The Balaban J connectivity index is 2.02. The highest BCUT2D eigenvalue weighted by molar-refractivity contribution is 7.89. The number of nitrogens with one attached hydrogen (secondary N) is 1. The fourth-order valence-electron chi connectivity index (χ4n) is 2.27. The first-order valence-corrected chi connectivity index (χ1v) is 8.24. The van der Waals surface area contributed by atoms with Crippen LogP contribution in [0, 0.1) is 5.82 Å². The summed E-state index contributed by atoms with van der Waals surface area (Å²) in [6.45, 7) is 5.13. The molecule has 1 heterocycles.